The molecule has 378 valence electrons. The van der Waals surface area contributed by atoms with Crippen LogP contribution in [0.4, 0.5) is 16.2 Å². The van der Waals surface area contributed by atoms with Crippen LogP contribution in [0.1, 0.15) is 99.9 Å². The van der Waals surface area contributed by atoms with E-state index in [2.05, 4.69) is 86.2 Å². The molecule has 14 nitrogen and oxygen atoms in total. The van der Waals surface area contributed by atoms with Crippen LogP contribution in [0.2, 0.25) is 36.3 Å². The molecule has 2 fully saturated rings. The van der Waals surface area contributed by atoms with Crippen LogP contribution in [0.3, 0.4) is 0 Å². The zero-order valence-electron chi connectivity index (χ0n) is 43.3. The number of likely N-dealkylation sites (tertiary alicyclic amines) is 2. The molecule has 2 saturated heterocycles. The number of benzene rings is 3. The highest BCUT2D eigenvalue weighted by Gasteiger charge is 2.42. The first-order chi connectivity index (χ1) is 32.3. The minimum atomic E-state index is -2.11. The van der Waals surface area contributed by atoms with Crippen molar-refractivity contribution in [2.75, 3.05) is 64.8 Å². The van der Waals surface area contributed by atoms with Crippen LogP contribution in [0, 0.1) is 0 Å². The number of nitrogens with zero attached hydrogens (tertiary/aromatic N) is 2. The number of hydrogen-bond donors (Lipinski definition) is 2. The number of unbranched alkanes of at least 4 members (excludes halogenated alkanes) is 2. The van der Waals surface area contributed by atoms with E-state index in [1.807, 2.05) is 30.3 Å². The molecule has 3 N–H and O–H groups in total. The number of nitrogens with one attached hydrogen (secondary N) is 1. The van der Waals surface area contributed by atoms with E-state index >= 15 is 0 Å². The Bertz CT molecular complexity index is 2310. The highest BCUT2D eigenvalue weighted by Crippen LogP contribution is 2.41. The summed E-state index contributed by atoms with van der Waals surface area (Å²) in [6.45, 7) is 32.7. The summed E-state index contributed by atoms with van der Waals surface area (Å²) < 4.78 is 42.5. The van der Waals surface area contributed by atoms with E-state index in [-0.39, 0.29) is 51.8 Å². The minimum absolute atomic E-state index is 0.00243. The Hall–Kier alpha value is -5.30. The van der Waals surface area contributed by atoms with Gasteiger partial charge in [0.05, 0.1) is 69.5 Å². The second-order valence-corrected chi connectivity index (χ2v) is 30.9. The summed E-state index contributed by atoms with van der Waals surface area (Å²) in [5.41, 5.74) is 10.3. The second-order valence-electron chi connectivity index (χ2n) is 21.3. The van der Waals surface area contributed by atoms with Gasteiger partial charge in [-0.15, -0.1) is 0 Å². The maximum atomic E-state index is 14.5. The molecular formula is C53H78N4O10Si2. The first-order valence-electron chi connectivity index (χ1n) is 24.0. The van der Waals surface area contributed by atoms with Crippen molar-refractivity contribution in [2.24, 2.45) is 0 Å². The SMILES string of the molecule is C=C1C[C@@H](CO[Si](C)(C)C(C)(C)C)N(C(=O)c2cc(OC)c(OCCCCCOc3cc(NC(=O)OCc4ccccc4)c(C(=O)N4CC(=C)C[C@H]4CO[Si](C)(C)C(C)(C)C)cc3OC)cc2N)C1. The molecule has 0 spiro atoms. The summed E-state index contributed by atoms with van der Waals surface area (Å²) in [6.07, 6.45) is 2.67. The summed E-state index contributed by atoms with van der Waals surface area (Å²) in [5, 5.41) is 2.86. The number of amides is 3. The van der Waals surface area contributed by atoms with Crippen molar-refractivity contribution in [3.05, 3.63) is 95.6 Å². The van der Waals surface area contributed by atoms with Gasteiger partial charge in [-0.1, -0.05) is 96.2 Å². The highest BCUT2D eigenvalue weighted by atomic mass is 28.4. The molecule has 3 amide bonds. The van der Waals surface area contributed by atoms with Crippen LogP contribution < -0.4 is 30.0 Å². The van der Waals surface area contributed by atoms with Crippen LogP contribution in [0.15, 0.2) is 78.9 Å². The van der Waals surface area contributed by atoms with Gasteiger partial charge in [-0.25, -0.2) is 4.79 Å². The van der Waals surface area contributed by atoms with Crippen LogP contribution in [0.25, 0.3) is 0 Å². The van der Waals surface area contributed by atoms with Crippen molar-refractivity contribution >= 4 is 45.9 Å². The third-order valence-electron chi connectivity index (χ3n) is 14.0. The van der Waals surface area contributed by atoms with Gasteiger partial charge >= 0.3 is 6.09 Å². The monoisotopic (exact) mass is 987 g/mol. The largest absolute Gasteiger partial charge is 0.493 e. The number of methoxy groups -OCH3 is 2. The van der Waals surface area contributed by atoms with E-state index in [9.17, 15) is 14.4 Å². The predicted molar refractivity (Wildman–Crippen MR) is 279 cm³/mol. The molecule has 5 rings (SSSR count). The van der Waals surface area contributed by atoms with Gasteiger partial charge in [0.15, 0.2) is 39.6 Å². The lowest BCUT2D eigenvalue weighted by Crippen LogP contribution is -2.46. The van der Waals surface area contributed by atoms with E-state index in [4.69, 9.17) is 38.3 Å². The molecule has 3 aromatic carbocycles. The molecule has 2 heterocycles. The summed E-state index contributed by atoms with van der Waals surface area (Å²) in [7, 11) is -1.09. The summed E-state index contributed by atoms with van der Waals surface area (Å²) >= 11 is 0. The summed E-state index contributed by atoms with van der Waals surface area (Å²) in [4.78, 5) is 45.3. The van der Waals surface area contributed by atoms with E-state index in [1.165, 1.54) is 14.2 Å². The quantitative estimate of drug-likeness (QED) is 0.0452. The normalized spacial score (nSPS) is 16.7. The Balaban J connectivity index is 1.22. The molecule has 2 aliphatic rings. The molecule has 2 aliphatic heterocycles. The number of nitrogen functional groups attached to an aromatic ring is 1. The van der Waals surface area contributed by atoms with E-state index in [0.29, 0.717) is 99.4 Å². The number of carbonyl (C=O) groups is 3. The maximum Gasteiger partial charge on any atom is 0.411 e. The lowest BCUT2D eigenvalue weighted by atomic mass is 10.1. The van der Waals surface area contributed by atoms with Crippen molar-refractivity contribution in [3.63, 3.8) is 0 Å². The number of carbonyl (C=O) groups excluding carboxylic acids is 3. The summed E-state index contributed by atoms with van der Waals surface area (Å²) in [5.74, 6) is 1.06. The Labute approximate surface area is 413 Å². The lowest BCUT2D eigenvalue weighted by Gasteiger charge is -2.38. The van der Waals surface area contributed by atoms with Crippen LogP contribution in [-0.4, -0.2) is 110 Å². The Morgan fingerprint density at radius 2 is 1.14 bits per heavy atom. The number of rotatable bonds is 21. The predicted octanol–water partition coefficient (Wildman–Crippen LogP) is 11.2. The zero-order chi connectivity index (χ0) is 50.9. The minimum Gasteiger partial charge on any atom is -0.493 e. The number of anilines is 2. The van der Waals surface area contributed by atoms with Crippen LogP contribution in [-0.2, 0) is 20.2 Å². The third-order valence-corrected chi connectivity index (χ3v) is 23.0. The smallest absolute Gasteiger partial charge is 0.411 e. The molecule has 69 heavy (non-hydrogen) atoms. The Morgan fingerprint density at radius 1 is 0.681 bits per heavy atom. The molecule has 0 unspecified atom stereocenters. The van der Waals surface area contributed by atoms with Gasteiger partial charge in [-0.2, -0.15) is 0 Å². The fourth-order valence-electron chi connectivity index (χ4n) is 7.64. The molecule has 0 saturated carbocycles. The van der Waals surface area contributed by atoms with E-state index in [0.717, 1.165) is 23.1 Å². The van der Waals surface area contributed by atoms with Crippen molar-refractivity contribution in [3.8, 4) is 23.0 Å². The molecule has 2 atom stereocenters. The second kappa shape index (κ2) is 23.1. The molecular weight excluding hydrogens is 909 g/mol. The van der Waals surface area contributed by atoms with Crippen molar-refractivity contribution < 1.29 is 46.9 Å². The highest BCUT2D eigenvalue weighted by molar-refractivity contribution is 6.74. The average molecular weight is 987 g/mol. The van der Waals surface area contributed by atoms with Gasteiger partial charge in [-0.3, -0.25) is 14.9 Å². The van der Waals surface area contributed by atoms with E-state index < -0.39 is 22.7 Å². The third kappa shape index (κ3) is 14.2. The van der Waals surface area contributed by atoms with Gasteiger partial charge in [-0.05, 0) is 86.1 Å². The topological polar surface area (TPSA) is 160 Å². The zero-order valence-corrected chi connectivity index (χ0v) is 45.3. The molecule has 0 aromatic heterocycles. The van der Waals surface area contributed by atoms with E-state index in [1.54, 1.807) is 34.1 Å². The molecule has 0 bridgehead atoms. The number of nitrogens with two attached hydrogens (primary N) is 1. The van der Waals surface area contributed by atoms with Gasteiger partial charge in [0.2, 0.25) is 0 Å². The number of hydrogen-bond acceptors (Lipinski definition) is 11. The van der Waals surface area contributed by atoms with Gasteiger partial charge < -0.3 is 48.1 Å². The van der Waals surface area contributed by atoms with Crippen molar-refractivity contribution in [1.29, 1.82) is 0 Å². The first kappa shape index (κ1) is 54.6. The van der Waals surface area contributed by atoms with Crippen LogP contribution in [0.5, 0.6) is 23.0 Å². The maximum absolute atomic E-state index is 14.5. The fraction of sp³-hybridized carbons (Fsp3) is 0.528. The number of ether oxygens (including phenoxy) is 5. The molecule has 0 radical (unpaired) electrons. The summed E-state index contributed by atoms with van der Waals surface area (Å²) in [6, 6.07) is 15.5. The fourth-order valence-corrected chi connectivity index (χ4v) is 9.72. The Morgan fingerprint density at radius 3 is 1.62 bits per heavy atom. The molecule has 3 aromatic rings. The van der Waals surface area contributed by atoms with Crippen LogP contribution >= 0.6 is 0 Å². The van der Waals surface area contributed by atoms with Gasteiger partial charge in [0.25, 0.3) is 11.8 Å². The lowest BCUT2D eigenvalue weighted by molar-refractivity contribution is 0.0680. The first-order valence-corrected chi connectivity index (χ1v) is 29.8. The average Bonchev–Trinajstić information content (AvgIpc) is 3.86. The molecule has 16 heteroatoms. The molecule has 0 aliphatic carbocycles. The van der Waals surface area contributed by atoms with Gasteiger partial charge in [0, 0.05) is 30.9 Å². The van der Waals surface area contributed by atoms with Crippen molar-refractivity contribution in [1.82, 2.24) is 9.80 Å². The van der Waals surface area contributed by atoms with Gasteiger partial charge in [0.1, 0.15) is 6.61 Å². The van der Waals surface area contributed by atoms with Crippen molar-refractivity contribution in [2.45, 2.75) is 129 Å². The standard InChI is InChI=1S/C53H78N4O10Si2/c1-36-25-39(34-66-68(11,12)52(3,4)5)56(31-36)49(58)41-27-45(61-9)47(29-43(41)54)63-23-19-16-20-24-64-48-30-44(55-51(60)65-33-38-21-17-15-18-22-38)42(28-46(48)62-10)50(59)57-32-37(2)26-40(57)35-67-69(13,14)53(6,7)8/h15,17-18,21-22,27-30,39-40H,1-2,16,19-20,23-26,31-35,54H2,3-14H3,(H,55,60)/t39-,40-/m0/s1. The Kier molecular flexibility index (Phi) is 18.3.